The second-order valence-electron chi connectivity index (χ2n) is 6.62. The molecule has 0 heterocycles. The first kappa shape index (κ1) is 18.6. The van der Waals surface area contributed by atoms with Gasteiger partial charge in [-0.1, -0.05) is 60.7 Å². The lowest BCUT2D eigenvalue weighted by Gasteiger charge is -2.11. The predicted octanol–water partition coefficient (Wildman–Crippen LogP) is 5.68. The second-order valence-corrected chi connectivity index (χ2v) is 6.62. The summed E-state index contributed by atoms with van der Waals surface area (Å²) in [4.78, 5) is 12.5. The first-order valence-corrected chi connectivity index (χ1v) is 9.38. The maximum atomic E-state index is 12.5. The van der Waals surface area contributed by atoms with Gasteiger partial charge >= 0.3 is 0 Å². The Kier molecular flexibility index (Phi) is 5.43. The van der Waals surface area contributed by atoms with E-state index >= 15 is 0 Å². The van der Waals surface area contributed by atoms with Crippen molar-refractivity contribution in [3.63, 3.8) is 0 Å². The molecule has 1 N–H and O–H groups in total. The Morgan fingerprint density at radius 1 is 0.793 bits per heavy atom. The summed E-state index contributed by atoms with van der Waals surface area (Å²) < 4.78 is 11.3. The molecule has 0 atom stereocenters. The van der Waals surface area contributed by atoms with Crippen molar-refractivity contribution >= 4 is 22.4 Å². The summed E-state index contributed by atoms with van der Waals surface area (Å²) in [5.41, 5.74) is 2.21. The molecule has 0 aliphatic rings. The molecule has 0 aliphatic heterocycles. The number of carbonyl (C=O) groups is 1. The molecule has 1 amide bonds. The number of fused-ring (bicyclic) bond motifs is 1. The van der Waals surface area contributed by atoms with Gasteiger partial charge in [-0.3, -0.25) is 4.79 Å². The fourth-order valence-electron chi connectivity index (χ4n) is 3.18. The molecule has 4 aromatic rings. The maximum Gasteiger partial charge on any atom is 0.255 e. The van der Waals surface area contributed by atoms with Crippen molar-refractivity contribution in [3.8, 4) is 11.5 Å². The lowest BCUT2D eigenvalue weighted by atomic mass is 10.1. The molecule has 0 spiro atoms. The van der Waals surface area contributed by atoms with Gasteiger partial charge < -0.3 is 14.8 Å². The van der Waals surface area contributed by atoms with Crippen LogP contribution in [0.5, 0.6) is 11.5 Å². The number of rotatable bonds is 6. The highest BCUT2D eigenvalue weighted by Gasteiger charge is 2.09. The molecule has 144 valence electrons. The van der Waals surface area contributed by atoms with E-state index in [1.165, 1.54) is 0 Å². The molecular formula is C25H21NO3. The van der Waals surface area contributed by atoms with Crippen molar-refractivity contribution in [3.05, 3.63) is 102 Å². The zero-order chi connectivity index (χ0) is 20.1. The minimum atomic E-state index is -0.184. The first-order chi connectivity index (χ1) is 14.2. The SMILES string of the molecule is COc1ccccc1NC(=O)c1ccc(COc2cccc3ccccc23)cc1. The van der Waals surface area contributed by atoms with Gasteiger partial charge in [-0.2, -0.15) is 0 Å². The van der Waals surface area contributed by atoms with Crippen LogP contribution in [-0.2, 0) is 6.61 Å². The molecule has 0 saturated heterocycles. The van der Waals surface area contributed by atoms with E-state index in [0.717, 1.165) is 22.1 Å². The molecule has 0 unspecified atom stereocenters. The fourth-order valence-corrected chi connectivity index (χ4v) is 3.18. The van der Waals surface area contributed by atoms with Gasteiger partial charge in [0.25, 0.3) is 5.91 Å². The highest BCUT2D eigenvalue weighted by Crippen LogP contribution is 2.26. The number of nitrogens with one attached hydrogen (secondary N) is 1. The minimum absolute atomic E-state index is 0.184. The van der Waals surface area contributed by atoms with Gasteiger partial charge in [0.15, 0.2) is 0 Å². The number of hydrogen-bond donors (Lipinski definition) is 1. The van der Waals surface area contributed by atoms with Gasteiger partial charge in [-0.15, -0.1) is 0 Å². The predicted molar refractivity (Wildman–Crippen MR) is 116 cm³/mol. The summed E-state index contributed by atoms with van der Waals surface area (Å²) in [6, 6.07) is 28.9. The van der Waals surface area contributed by atoms with Crippen molar-refractivity contribution < 1.29 is 14.3 Å². The third kappa shape index (κ3) is 4.22. The quantitative estimate of drug-likeness (QED) is 0.466. The van der Waals surface area contributed by atoms with E-state index in [9.17, 15) is 4.79 Å². The van der Waals surface area contributed by atoms with Crippen LogP contribution in [0.2, 0.25) is 0 Å². The fraction of sp³-hybridized carbons (Fsp3) is 0.0800. The van der Waals surface area contributed by atoms with Crippen LogP contribution in [0.15, 0.2) is 91.0 Å². The molecule has 4 nitrogen and oxygen atoms in total. The van der Waals surface area contributed by atoms with E-state index in [1.54, 1.807) is 19.2 Å². The van der Waals surface area contributed by atoms with Crippen LogP contribution in [0.1, 0.15) is 15.9 Å². The molecule has 29 heavy (non-hydrogen) atoms. The molecule has 0 bridgehead atoms. The molecule has 0 aromatic heterocycles. The van der Waals surface area contributed by atoms with Crippen LogP contribution in [0.3, 0.4) is 0 Å². The van der Waals surface area contributed by atoms with Crippen LogP contribution in [-0.4, -0.2) is 13.0 Å². The highest BCUT2D eigenvalue weighted by atomic mass is 16.5. The van der Waals surface area contributed by atoms with Gasteiger partial charge in [0.05, 0.1) is 12.8 Å². The zero-order valence-corrected chi connectivity index (χ0v) is 16.1. The van der Waals surface area contributed by atoms with Crippen LogP contribution in [0.25, 0.3) is 10.8 Å². The van der Waals surface area contributed by atoms with Gasteiger partial charge in [-0.05, 0) is 41.3 Å². The van der Waals surface area contributed by atoms with E-state index in [-0.39, 0.29) is 5.91 Å². The Balaban J connectivity index is 1.43. The zero-order valence-electron chi connectivity index (χ0n) is 16.1. The molecule has 0 fully saturated rings. The molecule has 0 aliphatic carbocycles. The van der Waals surface area contributed by atoms with Gasteiger partial charge in [0.2, 0.25) is 0 Å². The van der Waals surface area contributed by atoms with Crippen LogP contribution in [0, 0.1) is 0 Å². The van der Waals surface area contributed by atoms with Crippen molar-refractivity contribution in [1.29, 1.82) is 0 Å². The Labute approximate surface area is 169 Å². The molecule has 4 heteroatoms. The van der Waals surface area contributed by atoms with Crippen molar-refractivity contribution in [2.45, 2.75) is 6.61 Å². The number of amides is 1. The number of benzene rings is 4. The summed E-state index contributed by atoms with van der Waals surface area (Å²) in [6.45, 7) is 0.433. The largest absolute Gasteiger partial charge is 0.495 e. The average Bonchev–Trinajstić information content (AvgIpc) is 2.78. The van der Waals surface area contributed by atoms with Crippen LogP contribution < -0.4 is 14.8 Å². The van der Waals surface area contributed by atoms with Crippen molar-refractivity contribution in [2.24, 2.45) is 0 Å². The minimum Gasteiger partial charge on any atom is -0.495 e. The van der Waals surface area contributed by atoms with E-state index in [0.29, 0.717) is 23.6 Å². The highest BCUT2D eigenvalue weighted by molar-refractivity contribution is 6.05. The topological polar surface area (TPSA) is 47.6 Å². The van der Waals surface area contributed by atoms with Gasteiger partial charge in [0.1, 0.15) is 18.1 Å². The Bertz CT molecular complexity index is 1130. The molecular weight excluding hydrogens is 362 g/mol. The monoisotopic (exact) mass is 383 g/mol. The molecule has 4 aromatic carbocycles. The number of carbonyl (C=O) groups excluding carboxylic acids is 1. The summed E-state index contributed by atoms with van der Waals surface area (Å²) in [5.74, 6) is 1.29. The lowest BCUT2D eigenvalue weighted by Crippen LogP contribution is -2.12. The Morgan fingerprint density at radius 3 is 2.31 bits per heavy atom. The van der Waals surface area contributed by atoms with E-state index in [4.69, 9.17) is 9.47 Å². The number of hydrogen-bond acceptors (Lipinski definition) is 3. The third-order valence-electron chi connectivity index (χ3n) is 4.72. The average molecular weight is 383 g/mol. The number of methoxy groups -OCH3 is 1. The van der Waals surface area contributed by atoms with Gasteiger partial charge in [-0.25, -0.2) is 0 Å². The van der Waals surface area contributed by atoms with Crippen LogP contribution in [0.4, 0.5) is 5.69 Å². The first-order valence-electron chi connectivity index (χ1n) is 9.38. The van der Waals surface area contributed by atoms with Crippen molar-refractivity contribution in [1.82, 2.24) is 0 Å². The summed E-state index contributed by atoms with van der Waals surface area (Å²) in [7, 11) is 1.58. The lowest BCUT2D eigenvalue weighted by molar-refractivity contribution is 0.102. The second kappa shape index (κ2) is 8.48. The summed E-state index contributed by atoms with van der Waals surface area (Å²) in [6.07, 6.45) is 0. The van der Waals surface area contributed by atoms with Crippen LogP contribution >= 0.6 is 0 Å². The van der Waals surface area contributed by atoms with E-state index < -0.39 is 0 Å². The number of para-hydroxylation sites is 2. The number of anilines is 1. The Morgan fingerprint density at radius 2 is 1.48 bits per heavy atom. The number of ether oxygens (including phenoxy) is 2. The summed E-state index contributed by atoms with van der Waals surface area (Å²) in [5, 5.41) is 5.11. The van der Waals surface area contributed by atoms with E-state index in [2.05, 4.69) is 23.5 Å². The molecule has 0 saturated carbocycles. The van der Waals surface area contributed by atoms with E-state index in [1.807, 2.05) is 60.7 Å². The van der Waals surface area contributed by atoms with Crippen molar-refractivity contribution in [2.75, 3.05) is 12.4 Å². The third-order valence-corrected chi connectivity index (χ3v) is 4.72. The molecule has 0 radical (unpaired) electrons. The standard InChI is InChI=1S/C25H21NO3/c1-28-24-11-5-4-10-22(24)26-25(27)20-15-13-18(14-16-20)17-29-23-12-6-8-19-7-2-3-9-21(19)23/h2-16H,17H2,1H3,(H,26,27). The smallest absolute Gasteiger partial charge is 0.255 e. The normalized spacial score (nSPS) is 10.5. The van der Waals surface area contributed by atoms with Gasteiger partial charge in [0, 0.05) is 10.9 Å². The Hall–Kier alpha value is -3.79. The summed E-state index contributed by atoms with van der Waals surface area (Å²) >= 11 is 0. The molecule has 4 rings (SSSR count). The maximum absolute atomic E-state index is 12.5.